The maximum Gasteiger partial charge on any atom is 0.397 e. The lowest BCUT2D eigenvalue weighted by molar-refractivity contribution is 0.284. The molecule has 29 heteroatoms. The quantitative estimate of drug-likeness (QED) is 0.0571. The average Bonchev–Trinajstić information content (AvgIpc) is 3.12. The van der Waals surface area contributed by atoms with Crippen LogP contribution in [-0.4, -0.2) is 92.7 Å². The molecule has 1 aromatic heterocycles. The van der Waals surface area contributed by atoms with Crippen LogP contribution in [0.3, 0.4) is 0 Å². The molecular weight excluding hydrogens is 922 g/mol. The van der Waals surface area contributed by atoms with E-state index in [0.717, 1.165) is 30.3 Å². The van der Waals surface area contributed by atoms with Crippen molar-refractivity contribution in [2.45, 2.75) is 19.6 Å². The minimum Gasteiger partial charge on any atom is -0.505 e. The second kappa shape index (κ2) is 16.2. The number of rotatable bonds is 14. The smallest absolute Gasteiger partial charge is 0.397 e. The van der Waals surface area contributed by atoms with Crippen LogP contribution in [0.2, 0.25) is 5.28 Å². The van der Waals surface area contributed by atoms with E-state index >= 15 is 0 Å². The number of hydrogen-bond acceptors (Lipinski definition) is 19. The Morgan fingerprint density at radius 1 is 0.650 bits per heavy atom. The summed E-state index contributed by atoms with van der Waals surface area (Å²) in [5, 5.41) is 23.5. The number of halogens is 1. The van der Waals surface area contributed by atoms with Gasteiger partial charge in [0.15, 0.2) is 15.6 Å². The molecule has 7 N–H and O–H groups in total. The highest BCUT2D eigenvalue weighted by Crippen LogP contribution is 2.46. The first-order valence-corrected chi connectivity index (χ1v) is 23.6. The summed E-state index contributed by atoms with van der Waals surface area (Å²) >= 11 is 6.12. The van der Waals surface area contributed by atoms with Crippen LogP contribution in [0.15, 0.2) is 109 Å². The Balaban J connectivity index is 1.41. The van der Waals surface area contributed by atoms with Gasteiger partial charge in [-0.3, -0.25) is 18.2 Å². The third-order valence-electron chi connectivity index (χ3n) is 7.96. The molecule has 0 bridgehead atoms. The van der Waals surface area contributed by atoms with Crippen LogP contribution >= 0.6 is 11.6 Å². The fourth-order valence-electron chi connectivity index (χ4n) is 5.46. The van der Waals surface area contributed by atoms with Crippen molar-refractivity contribution in [3.63, 3.8) is 0 Å². The predicted octanol–water partition coefficient (Wildman–Crippen LogP) is 4.77. The highest BCUT2D eigenvalue weighted by Gasteiger charge is 2.26. The highest BCUT2D eigenvalue weighted by atomic mass is 35.5. The van der Waals surface area contributed by atoms with Crippen LogP contribution in [0, 0.1) is 0 Å². The third-order valence-corrected chi connectivity index (χ3v) is 12.9. The zero-order valence-corrected chi connectivity index (χ0v) is 34.1. The molecule has 0 spiro atoms. The number of sulfone groups is 1. The van der Waals surface area contributed by atoms with E-state index in [1.54, 1.807) is 6.07 Å². The molecule has 23 nitrogen and oxygen atoms in total. The number of nitrogens with zero attached hydrogens (tertiary/aromatic N) is 5. The zero-order chi connectivity index (χ0) is 44.0. The minimum atomic E-state index is -5.31. The number of phenols is 1. The Morgan fingerprint density at radius 3 is 1.90 bits per heavy atom. The van der Waals surface area contributed by atoms with Crippen molar-refractivity contribution in [3.8, 4) is 5.75 Å². The van der Waals surface area contributed by atoms with Gasteiger partial charge in [0.25, 0.3) is 30.4 Å². The van der Waals surface area contributed by atoms with E-state index in [1.165, 1.54) is 36.4 Å². The number of azo groups is 1. The number of anilines is 4. The summed E-state index contributed by atoms with van der Waals surface area (Å²) in [6.07, 6.45) is 0. The normalized spacial score (nSPS) is 12.9. The van der Waals surface area contributed by atoms with Crippen molar-refractivity contribution in [1.29, 1.82) is 0 Å². The molecule has 316 valence electrons. The van der Waals surface area contributed by atoms with E-state index in [2.05, 4.69) is 40.0 Å². The molecule has 0 aliphatic carbocycles. The molecule has 0 saturated heterocycles. The fraction of sp³-hybridized carbons (Fsp3) is 0.0645. The molecule has 0 fully saturated rings. The Bertz CT molecular complexity index is 3340. The molecule has 0 radical (unpaired) electrons. The second-order valence-corrected chi connectivity index (χ2v) is 19.8. The molecule has 0 unspecified atom stereocenters. The number of nitrogens with one attached hydrogen (secondary N) is 2. The molecule has 0 atom stereocenters. The molecule has 60 heavy (non-hydrogen) atoms. The topological polar surface area (TPSA) is 369 Å². The van der Waals surface area contributed by atoms with Crippen LogP contribution in [-0.2, 0) is 54.8 Å². The van der Waals surface area contributed by atoms with Crippen LogP contribution in [0.1, 0.15) is 0 Å². The molecule has 0 aliphatic rings. The van der Waals surface area contributed by atoms with Gasteiger partial charge in [0.05, 0.1) is 33.5 Å². The number of phenolic OH excluding ortho intramolecular Hbond substituents is 1. The molecule has 5 aromatic carbocycles. The highest BCUT2D eigenvalue weighted by molar-refractivity contribution is 7.91. The van der Waals surface area contributed by atoms with Gasteiger partial charge >= 0.3 is 10.4 Å². The number of fused-ring (bicyclic) bond motifs is 2. The van der Waals surface area contributed by atoms with Gasteiger partial charge in [0.1, 0.15) is 15.5 Å². The lowest BCUT2D eigenvalue weighted by Gasteiger charge is -2.15. The van der Waals surface area contributed by atoms with E-state index in [1.807, 2.05) is 0 Å². The summed E-state index contributed by atoms with van der Waals surface area (Å²) in [5.74, 6) is -2.65. The van der Waals surface area contributed by atoms with Crippen molar-refractivity contribution in [3.05, 3.63) is 84.1 Å². The van der Waals surface area contributed by atoms with E-state index in [-0.39, 0.29) is 33.0 Å². The first-order valence-electron chi connectivity index (χ1n) is 15.9. The summed E-state index contributed by atoms with van der Waals surface area (Å²) < 4.78 is 163. The van der Waals surface area contributed by atoms with Crippen molar-refractivity contribution >= 4 is 118 Å². The van der Waals surface area contributed by atoms with E-state index < -0.39 is 117 Å². The van der Waals surface area contributed by atoms with Gasteiger partial charge in [-0.05, 0) is 77.0 Å². The average molecular weight is 946 g/mol. The predicted molar refractivity (Wildman–Crippen MR) is 211 cm³/mol. The standard InChI is InChI=1S/C31H24ClN7O16S5/c32-29-35-30(33-18-5-7-20(8-6-18)56(41,42)10-9-55-60(52,53)54)37-31(36-29)34-23-15-21(57(43,44)45)12-17-13-25(59(49,50)51)27(28(40)26(17)23)39-38-19-11-16-3-1-2-4-22(16)24(14-19)58(46,47)48/h1-8,11-15,40H,9-10H2,(H,43,44,45)(H,46,47,48)(H,49,50,51)(H,52,53,54)(H2,33,34,35,36,37). The monoisotopic (exact) mass is 945 g/mol. The summed E-state index contributed by atoms with van der Waals surface area (Å²) in [7, 11) is -24.2. The summed E-state index contributed by atoms with van der Waals surface area (Å²) in [4.78, 5) is 9.08. The van der Waals surface area contributed by atoms with E-state index in [4.69, 9.17) is 16.2 Å². The van der Waals surface area contributed by atoms with Gasteiger partial charge < -0.3 is 15.7 Å². The van der Waals surface area contributed by atoms with Gasteiger partial charge in [0.2, 0.25) is 17.2 Å². The summed E-state index contributed by atoms with van der Waals surface area (Å²) in [6, 6.07) is 15.1. The van der Waals surface area contributed by atoms with Crippen molar-refractivity contribution in [2.75, 3.05) is 23.0 Å². The zero-order valence-electron chi connectivity index (χ0n) is 29.3. The number of hydrogen-bond donors (Lipinski definition) is 7. The summed E-state index contributed by atoms with van der Waals surface area (Å²) in [5.41, 5.74) is -1.50. The third kappa shape index (κ3) is 10.2. The van der Waals surface area contributed by atoms with Crippen LogP contribution < -0.4 is 10.6 Å². The Hall–Kier alpha value is -5.53. The SMILES string of the molecule is O=S(=O)(O)OCCS(=O)(=O)c1ccc(Nc2nc(Cl)nc(Nc3cc(S(=O)(=O)O)cc4cc(S(=O)(=O)O)c(N=Nc5cc(S(=O)(=O)O)c6ccccc6c5)c(O)c34)n2)cc1. The van der Waals surface area contributed by atoms with Gasteiger partial charge in [-0.1, -0.05) is 24.3 Å². The van der Waals surface area contributed by atoms with Crippen molar-refractivity contribution in [2.24, 2.45) is 10.2 Å². The first-order chi connectivity index (χ1) is 27.8. The van der Waals surface area contributed by atoms with Gasteiger partial charge in [-0.25, -0.2) is 12.6 Å². The van der Waals surface area contributed by atoms with Crippen LogP contribution in [0.5, 0.6) is 5.75 Å². The van der Waals surface area contributed by atoms with Crippen LogP contribution in [0.4, 0.5) is 34.6 Å². The molecule has 0 saturated carbocycles. The van der Waals surface area contributed by atoms with Gasteiger partial charge in [-0.2, -0.15) is 53.7 Å². The lowest BCUT2D eigenvalue weighted by Crippen LogP contribution is -2.15. The van der Waals surface area contributed by atoms with E-state index in [0.29, 0.717) is 6.07 Å². The largest absolute Gasteiger partial charge is 0.505 e. The van der Waals surface area contributed by atoms with Gasteiger partial charge in [-0.15, -0.1) is 5.11 Å². The number of aromatic hydroxyl groups is 1. The molecule has 6 aromatic rings. The van der Waals surface area contributed by atoms with Gasteiger partial charge in [0, 0.05) is 16.5 Å². The minimum absolute atomic E-state index is 0.0986. The fourth-order valence-corrected chi connectivity index (χ4v) is 9.05. The van der Waals surface area contributed by atoms with E-state index in [9.17, 15) is 60.9 Å². The maximum atomic E-state index is 12.6. The number of aromatic nitrogens is 3. The molecule has 1 heterocycles. The Morgan fingerprint density at radius 2 is 1.28 bits per heavy atom. The second-order valence-electron chi connectivity index (χ2n) is 12.0. The summed E-state index contributed by atoms with van der Waals surface area (Å²) in [6.45, 7) is -0.862. The Labute approximate surface area is 343 Å². The first kappa shape index (κ1) is 44.0. The Kier molecular flexibility index (Phi) is 11.9. The molecule has 0 aliphatic heterocycles. The van der Waals surface area contributed by atoms with Crippen molar-refractivity contribution < 1.29 is 69.6 Å². The number of benzene rings is 5. The maximum absolute atomic E-state index is 12.6. The van der Waals surface area contributed by atoms with Crippen molar-refractivity contribution in [1.82, 2.24) is 15.0 Å². The molecule has 0 amide bonds. The lowest BCUT2D eigenvalue weighted by atomic mass is 10.1. The molecule has 6 rings (SSSR count). The van der Waals surface area contributed by atoms with Crippen LogP contribution in [0.25, 0.3) is 21.5 Å². The molecular formula is C31H24ClN7O16S5.